The summed E-state index contributed by atoms with van der Waals surface area (Å²) in [6.07, 6.45) is 0. The molecule has 1 aliphatic heterocycles. The van der Waals surface area contributed by atoms with Crippen molar-refractivity contribution in [2.45, 2.75) is 24.7 Å². The van der Waals surface area contributed by atoms with Gasteiger partial charge in [0.1, 0.15) is 10.6 Å². The van der Waals surface area contributed by atoms with Gasteiger partial charge in [-0.15, -0.1) is 0 Å². The fourth-order valence-electron chi connectivity index (χ4n) is 3.23. The second-order valence-corrected chi connectivity index (χ2v) is 8.39. The van der Waals surface area contributed by atoms with Gasteiger partial charge >= 0.3 is 0 Å². The molecule has 1 N–H and O–H groups in total. The standard InChI is InChI=1S/C25H22N2O2S/c1-17(2)18-13-15-19(16-14-18)26-22-23(30-21-11-7-4-8-12-21)25(29)27(24(22)28)20-9-5-3-6-10-20/h3-17,26H,1-2H3. The molecule has 0 aliphatic carbocycles. The van der Waals surface area contributed by atoms with Gasteiger partial charge in [0, 0.05) is 10.6 Å². The minimum atomic E-state index is -0.349. The lowest BCUT2D eigenvalue weighted by molar-refractivity contribution is -0.120. The Balaban J connectivity index is 1.71. The van der Waals surface area contributed by atoms with Crippen LogP contribution in [-0.2, 0) is 9.59 Å². The number of nitrogens with one attached hydrogen (secondary N) is 1. The van der Waals surface area contributed by atoms with Gasteiger partial charge in [0.2, 0.25) is 0 Å². The second-order valence-electron chi connectivity index (χ2n) is 7.30. The van der Waals surface area contributed by atoms with Crippen LogP contribution in [-0.4, -0.2) is 11.8 Å². The Hall–Kier alpha value is -3.31. The Morgan fingerprint density at radius 2 is 1.37 bits per heavy atom. The summed E-state index contributed by atoms with van der Waals surface area (Å²) < 4.78 is 0. The van der Waals surface area contributed by atoms with Crippen molar-refractivity contribution < 1.29 is 9.59 Å². The minimum absolute atomic E-state index is 0.301. The van der Waals surface area contributed by atoms with Crippen LogP contribution < -0.4 is 10.2 Å². The quantitative estimate of drug-likeness (QED) is 0.518. The van der Waals surface area contributed by atoms with E-state index in [4.69, 9.17) is 0 Å². The van der Waals surface area contributed by atoms with Gasteiger partial charge in [-0.2, -0.15) is 0 Å². The average Bonchev–Trinajstić information content (AvgIpc) is 2.99. The molecule has 1 heterocycles. The Morgan fingerprint density at radius 1 is 0.767 bits per heavy atom. The Labute approximate surface area is 180 Å². The van der Waals surface area contributed by atoms with Crippen LogP contribution in [0.2, 0.25) is 0 Å². The number of nitrogens with zero attached hydrogens (tertiary/aromatic N) is 1. The summed E-state index contributed by atoms with van der Waals surface area (Å²) in [7, 11) is 0. The van der Waals surface area contributed by atoms with Crippen molar-refractivity contribution in [2.24, 2.45) is 0 Å². The first kappa shape index (κ1) is 20.0. The lowest BCUT2D eigenvalue weighted by Crippen LogP contribution is -2.32. The number of hydrogen-bond donors (Lipinski definition) is 1. The normalized spacial score (nSPS) is 14.0. The van der Waals surface area contributed by atoms with Crippen LogP contribution in [0.25, 0.3) is 0 Å². The van der Waals surface area contributed by atoms with E-state index in [1.54, 1.807) is 12.1 Å². The molecule has 30 heavy (non-hydrogen) atoms. The number of hydrogen-bond acceptors (Lipinski definition) is 4. The molecule has 1 aliphatic rings. The van der Waals surface area contributed by atoms with E-state index in [1.807, 2.05) is 72.8 Å². The molecule has 3 aromatic rings. The van der Waals surface area contributed by atoms with Gasteiger partial charge < -0.3 is 5.32 Å². The highest BCUT2D eigenvalue weighted by atomic mass is 32.2. The van der Waals surface area contributed by atoms with E-state index in [9.17, 15) is 9.59 Å². The molecule has 4 rings (SSSR count). The van der Waals surface area contributed by atoms with Gasteiger partial charge in [0.15, 0.2) is 0 Å². The lowest BCUT2D eigenvalue weighted by atomic mass is 10.0. The van der Waals surface area contributed by atoms with E-state index in [0.717, 1.165) is 10.6 Å². The van der Waals surface area contributed by atoms with Crippen molar-refractivity contribution in [2.75, 3.05) is 10.2 Å². The Kier molecular flexibility index (Phi) is 5.72. The zero-order valence-corrected chi connectivity index (χ0v) is 17.6. The molecule has 150 valence electrons. The molecule has 0 saturated heterocycles. The Bertz CT molecular complexity index is 1090. The molecule has 0 spiro atoms. The molecule has 0 atom stereocenters. The zero-order valence-electron chi connectivity index (χ0n) is 16.8. The molecule has 0 unspecified atom stereocenters. The van der Waals surface area contributed by atoms with Gasteiger partial charge in [0.25, 0.3) is 11.8 Å². The van der Waals surface area contributed by atoms with Crippen molar-refractivity contribution in [3.63, 3.8) is 0 Å². The molecule has 0 saturated carbocycles. The minimum Gasteiger partial charge on any atom is -0.350 e. The van der Waals surface area contributed by atoms with Crippen molar-refractivity contribution in [1.82, 2.24) is 0 Å². The third kappa shape index (κ3) is 4.02. The number of benzene rings is 3. The first-order valence-corrected chi connectivity index (χ1v) is 10.6. The number of carbonyl (C=O) groups excluding carboxylic acids is 2. The maximum atomic E-state index is 13.3. The first-order valence-electron chi connectivity index (χ1n) is 9.82. The summed E-state index contributed by atoms with van der Waals surface area (Å²) in [6.45, 7) is 4.27. The number of imide groups is 1. The second kappa shape index (κ2) is 8.59. The smallest absolute Gasteiger partial charge is 0.283 e. The summed E-state index contributed by atoms with van der Waals surface area (Å²) >= 11 is 1.30. The molecule has 0 radical (unpaired) electrons. The number of anilines is 2. The van der Waals surface area contributed by atoms with E-state index in [0.29, 0.717) is 22.2 Å². The highest BCUT2D eigenvalue weighted by Crippen LogP contribution is 2.37. The molecule has 0 fully saturated rings. The predicted molar refractivity (Wildman–Crippen MR) is 122 cm³/mol. The van der Waals surface area contributed by atoms with Crippen LogP contribution in [0, 0.1) is 0 Å². The maximum absolute atomic E-state index is 13.3. The van der Waals surface area contributed by atoms with Crippen molar-refractivity contribution >= 4 is 35.0 Å². The third-order valence-corrected chi connectivity index (χ3v) is 5.96. The van der Waals surface area contributed by atoms with E-state index >= 15 is 0 Å². The molecule has 3 aromatic carbocycles. The lowest BCUT2D eigenvalue weighted by Gasteiger charge is -2.15. The van der Waals surface area contributed by atoms with Crippen LogP contribution in [0.5, 0.6) is 0 Å². The molecule has 2 amide bonds. The predicted octanol–water partition coefficient (Wildman–Crippen LogP) is 5.80. The van der Waals surface area contributed by atoms with Crippen LogP contribution >= 0.6 is 11.8 Å². The molecule has 0 aromatic heterocycles. The molecule has 0 bridgehead atoms. The third-order valence-electron chi connectivity index (χ3n) is 4.87. The number of amides is 2. The van der Waals surface area contributed by atoms with Crippen molar-refractivity contribution in [3.8, 4) is 0 Å². The van der Waals surface area contributed by atoms with E-state index < -0.39 is 0 Å². The van der Waals surface area contributed by atoms with Crippen LogP contribution in [0.15, 0.2) is 100 Å². The van der Waals surface area contributed by atoms with Crippen molar-refractivity contribution in [1.29, 1.82) is 0 Å². The molecule has 5 heteroatoms. The number of rotatable bonds is 6. The Morgan fingerprint density at radius 3 is 1.97 bits per heavy atom. The number of para-hydroxylation sites is 1. The van der Waals surface area contributed by atoms with Gasteiger partial charge in [0.05, 0.1) is 5.69 Å². The molecular formula is C25H22N2O2S. The van der Waals surface area contributed by atoms with E-state index in [1.165, 1.54) is 22.2 Å². The maximum Gasteiger partial charge on any atom is 0.283 e. The summed E-state index contributed by atoms with van der Waals surface area (Å²) in [6, 6.07) is 26.6. The molecular weight excluding hydrogens is 392 g/mol. The van der Waals surface area contributed by atoms with Gasteiger partial charge in [-0.3, -0.25) is 9.59 Å². The highest BCUT2D eigenvalue weighted by molar-refractivity contribution is 8.04. The summed E-state index contributed by atoms with van der Waals surface area (Å²) in [5.41, 5.74) is 2.85. The molecule has 4 nitrogen and oxygen atoms in total. The monoisotopic (exact) mass is 414 g/mol. The average molecular weight is 415 g/mol. The largest absolute Gasteiger partial charge is 0.350 e. The fourth-order valence-corrected chi connectivity index (χ4v) is 4.18. The van der Waals surface area contributed by atoms with E-state index in [2.05, 4.69) is 19.2 Å². The summed E-state index contributed by atoms with van der Waals surface area (Å²) in [4.78, 5) is 29.0. The fraction of sp³-hybridized carbons (Fsp3) is 0.120. The number of carbonyl (C=O) groups is 2. The van der Waals surface area contributed by atoms with Crippen LogP contribution in [0.3, 0.4) is 0 Å². The van der Waals surface area contributed by atoms with Gasteiger partial charge in [-0.05, 0) is 47.9 Å². The summed E-state index contributed by atoms with van der Waals surface area (Å²) in [5, 5.41) is 3.20. The zero-order chi connectivity index (χ0) is 21.1. The topological polar surface area (TPSA) is 49.4 Å². The van der Waals surface area contributed by atoms with E-state index in [-0.39, 0.29) is 11.8 Å². The highest BCUT2D eigenvalue weighted by Gasteiger charge is 2.40. The van der Waals surface area contributed by atoms with Gasteiger partial charge in [-0.1, -0.05) is 74.1 Å². The summed E-state index contributed by atoms with van der Waals surface area (Å²) in [5.74, 6) is -0.246. The first-order chi connectivity index (χ1) is 14.5. The number of thioether (sulfide) groups is 1. The van der Waals surface area contributed by atoms with Crippen LogP contribution in [0.1, 0.15) is 25.3 Å². The van der Waals surface area contributed by atoms with Crippen LogP contribution in [0.4, 0.5) is 11.4 Å². The SMILES string of the molecule is CC(C)c1ccc(NC2=C(Sc3ccccc3)C(=O)N(c3ccccc3)C2=O)cc1. The van der Waals surface area contributed by atoms with Crippen molar-refractivity contribution in [3.05, 3.63) is 101 Å². The van der Waals surface area contributed by atoms with Gasteiger partial charge in [-0.25, -0.2) is 4.90 Å².